The number of carbonyl (C=O) groups excluding carboxylic acids is 1. The average molecular weight is 394 g/mol. The SMILES string of the molecule is CCCC(C)(NC(=O)c1cnn(-c2ccc(Br)cc2)c1C)C(=O)O. The van der Waals surface area contributed by atoms with Crippen LogP contribution in [0.4, 0.5) is 0 Å². The Morgan fingerprint density at radius 1 is 1.33 bits per heavy atom. The molecule has 0 aliphatic rings. The third kappa shape index (κ3) is 3.67. The Balaban J connectivity index is 2.28. The number of carboxylic acid groups (broad SMARTS) is 1. The summed E-state index contributed by atoms with van der Waals surface area (Å²) in [5.74, 6) is -1.48. The number of nitrogens with one attached hydrogen (secondary N) is 1. The zero-order chi connectivity index (χ0) is 17.9. The molecule has 2 rings (SSSR count). The molecule has 1 atom stereocenters. The summed E-state index contributed by atoms with van der Waals surface area (Å²) in [7, 11) is 0. The maximum Gasteiger partial charge on any atom is 0.329 e. The molecule has 0 saturated heterocycles. The zero-order valence-electron chi connectivity index (χ0n) is 13.8. The molecule has 0 aliphatic heterocycles. The van der Waals surface area contributed by atoms with E-state index < -0.39 is 17.4 Å². The van der Waals surface area contributed by atoms with Gasteiger partial charge in [0.1, 0.15) is 5.54 Å². The fourth-order valence-corrected chi connectivity index (χ4v) is 2.78. The summed E-state index contributed by atoms with van der Waals surface area (Å²) < 4.78 is 2.60. The lowest BCUT2D eigenvalue weighted by molar-refractivity contribution is -0.144. The van der Waals surface area contributed by atoms with E-state index >= 15 is 0 Å². The molecule has 2 aromatic rings. The maximum atomic E-state index is 12.5. The van der Waals surface area contributed by atoms with Gasteiger partial charge in [0.05, 0.1) is 23.1 Å². The van der Waals surface area contributed by atoms with Crippen LogP contribution in [0, 0.1) is 6.92 Å². The molecular weight excluding hydrogens is 374 g/mol. The van der Waals surface area contributed by atoms with Crippen molar-refractivity contribution in [3.8, 4) is 5.69 Å². The van der Waals surface area contributed by atoms with Crippen LogP contribution in [0.25, 0.3) is 5.69 Å². The minimum Gasteiger partial charge on any atom is -0.480 e. The van der Waals surface area contributed by atoms with Crippen LogP contribution in [0.15, 0.2) is 34.9 Å². The van der Waals surface area contributed by atoms with Crippen molar-refractivity contribution < 1.29 is 14.7 Å². The molecule has 1 aromatic heterocycles. The standard InChI is InChI=1S/C17H20BrN3O3/c1-4-9-17(3,16(23)24)20-15(22)14-10-19-21(11(14)2)13-7-5-12(18)6-8-13/h5-8,10H,4,9H2,1-3H3,(H,20,22)(H,23,24). The lowest BCUT2D eigenvalue weighted by atomic mass is 9.96. The number of halogens is 1. The highest BCUT2D eigenvalue weighted by molar-refractivity contribution is 9.10. The molecule has 24 heavy (non-hydrogen) atoms. The highest BCUT2D eigenvalue weighted by atomic mass is 79.9. The molecular formula is C17H20BrN3O3. The number of carboxylic acids is 1. The predicted molar refractivity (Wildman–Crippen MR) is 94.4 cm³/mol. The maximum absolute atomic E-state index is 12.5. The molecule has 7 heteroatoms. The molecule has 1 amide bonds. The van der Waals surface area contributed by atoms with Crippen LogP contribution in [0.1, 0.15) is 42.7 Å². The largest absolute Gasteiger partial charge is 0.480 e. The summed E-state index contributed by atoms with van der Waals surface area (Å²) in [5, 5.41) is 16.3. The van der Waals surface area contributed by atoms with E-state index in [0.29, 0.717) is 24.1 Å². The lowest BCUT2D eigenvalue weighted by Gasteiger charge is -2.25. The first kappa shape index (κ1) is 18.2. The molecule has 0 saturated carbocycles. The number of amides is 1. The third-order valence-corrected chi connectivity index (χ3v) is 4.47. The quantitative estimate of drug-likeness (QED) is 0.788. The highest BCUT2D eigenvalue weighted by Gasteiger charge is 2.34. The van der Waals surface area contributed by atoms with Crippen LogP contribution in [-0.2, 0) is 4.79 Å². The number of benzene rings is 1. The van der Waals surface area contributed by atoms with Gasteiger partial charge in [-0.25, -0.2) is 9.48 Å². The van der Waals surface area contributed by atoms with Gasteiger partial charge in [-0.3, -0.25) is 4.79 Å². The van der Waals surface area contributed by atoms with Crippen LogP contribution in [0.5, 0.6) is 0 Å². The van der Waals surface area contributed by atoms with Crippen LogP contribution < -0.4 is 5.32 Å². The molecule has 0 fully saturated rings. The van der Waals surface area contributed by atoms with E-state index in [2.05, 4.69) is 26.3 Å². The highest BCUT2D eigenvalue weighted by Crippen LogP contribution is 2.19. The van der Waals surface area contributed by atoms with Gasteiger partial charge in [0.15, 0.2) is 0 Å². The molecule has 0 spiro atoms. The van der Waals surface area contributed by atoms with Gasteiger partial charge in [0.2, 0.25) is 0 Å². The van der Waals surface area contributed by atoms with Crippen molar-refractivity contribution in [2.75, 3.05) is 0 Å². The smallest absolute Gasteiger partial charge is 0.329 e. The van der Waals surface area contributed by atoms with Gasteiger partial charge in [0, 0.05) is 4.47 Å². The van der Waals surface area contributed by atoms with Gasteiger partial charge in [-0.05, 0) is 44.5 Å². The molecule has 0 bridgehead atoms. The van der Waals surface area contributed by atoms with Crippen LogP contribution in [-0.4, -0.2) is 32.3 Å². The number of aromatic nitrogens is 2. The fourth-order valence-electron chi connectivity index (χ4n) is 2.52. The molecule has 128 valence electrons. The Bertz CT molecular complexity index is 755. The summed E-state index contributed by atoms with van der Waals surface area (Å²) in [6, 6.07) is 7.53. The lowest BCUT2D eigenvalue weighted by Crippen LogP contribution is -2.52. The first-order valence-corrected chi connectivity index (χ1v) is 8.44. The Hall–Kier alpha value is -2.15. The van der Waals surface area contributed by atoms with Crippen LogP contribution >= 0.6 is 15.9 Å². The molecule has 6 nitrogen and oxygen atoms in total. The van der Waals surface area contributed by atoms with Gasteiger partial charge < -0.3 is 10.4 Å². The Morgan fingerprint density at radius 2 is 1.96 bits per heavy atom. The van der Waals surface area contributed by atoms with Crippen molar-refractivity contribution in [2.45, 2.75) is 39.2 Å². The Labute approximate surface area is 149 Å². The van der Waals surface area contributed by atoms with Crippen molar-refractivity contribution in [3.63, 3.8) is 0 Å². The van der Waals surface area contributed by atoms with E-state index in [1.54, 1.807) is 11.6 Å². The molecule has 1 unspecified atom stereocenters. The van der Waals surface area contributed by atoms with E-state index in [1.807, 2.05) is 31.2 Å². The van der Waals surface area contributed by atoms with Gasteiger partial charge in [-0.1, -0.05) is 29.3 Å². The summed E-state index contributed by atoms with van der Waals surface area (Å²) in [6.07, 6.45) is 2.47. The monoisotopic (exact) mass is 393 g/mol. The summed E-state index contributed by atoms with van der Waals surface area (Å²) in [4.78, 5) is 24.0. The van der Waals surface area contributed by atoms with Crippen molar-refractivity contribution in [1.82, 2.24) is 15.1 Å². The van der Waals surface area contributed by atoms with Crippen LogP contribution in [0.3, 0.4) is 0 Å². The second-order valence-corrected chi connectivity index (χ2v) is 6.79. The minimum atomic E-state index is -1.29. The van der Waals surface area contributed by atoms with Crippen molar-refractivity contribution in [1.29, 1.82) is 0 Å². The Morgan fingerprint density at radius 3 is 2.50 bits per heavy atom. The fraction of sp³-hybridized carbons (Fsp3) is 0.353. The zero-order valence-corrected chi connectivity index (χ0v) is 15.4. The number of rotatable bonds is 6. The normalized spacial score (nSPS) is 13.3. The first-order valence-electron chi connectivity index (χ1n) is 7.65. The van der Waals surface area contributed by atoms with Crippen molar-refractivity contribution in [2.24, 2.45) is 0 Å². The summed E-state index contributed by atoms with van der Waals surface area (Å²) >= 11 is 3.38. The number of hydrogen-bond acceptors (Lipinski definition) is 3. The van der Waals surface area contributed by atoms with E-state index in [9.17, 15) is 14.7 Å². The van der Waals surface area contributed by atoms with Crippen molar-refractivity contribution >= 4 is 27.8 Å². The topological polar surface area (TPSA) is 84.2 Å². The molecule has 0 aliphatic carbocycles. The first-order chi connectivity index (χ1) is 11.3. The van der Waals surface area contributed by atoms with Gasteiger partial charge in [-0.2, -0.15) is 5.10 Å². The Kier molecular flexibility index (Phi) is 5.43. The number of aliphatic carboxylic acids is 1. The number of hydrogen-bond donors (Lipinski definition) is 2. The molecule has 2 N–H and O–H groups in total. The average Bonchev–Trinajstić information content (AvgIpc) is 2.90. The number of nitrogens with zero attached hydrogens (tertiary/aromatic N) is 2. The van der Waals surface area contributed by atoms with E-state index in [1.165, 1.54) is 13.1 Å². The molecule has 0 radical (unpaired) electrons. The second-order valence-electron chi connectivity index (χ2n) is 5.87. The van der Waals surface area contributed by atoms with Crippen molar-refractivity contribution in [3.05, 3.63) is 46.2 Å². The predicted octanol–water partition coefficient (Wildman–Crippen LogP) is 3.32. The summed E-state index contributed by atoms with van der Waals surface area (Å²) in [6.45, 7) is 5.18. The number of carbonyl (C=O) groups is 2. The van der Waals surface area contributed by atoms with Crippen LogP contribution in [0.2, 0.25) is 0 Å². The van der Waals surface area contributed by atoms with E-state index in [4.69, 9.17) is 0 Å². The third-order valence-electron chi connectivity index (χ3n) is 3.94. The van der Waals surface area contributed by atoms with E-state index in [0.717, 1.165) is 10.2 Å². The molecule has 1 aromatic carbocycles. The summed E-state index contributed by atoms with van der Waals surface area (Å²) in [5.41, 5.74) is 0.544. The minimum absolute atomic E-state index is 0.355. The van der Waals surface area contributed by atoms with Gasteiger partial charge in [0.25, 0.3) is 5.91 Å². The van der Waals surface area contributed by atoms with Gasteiger partial charge >= 0.3 is 5.97 Å². The van der Waals surface area contributed by atoms with Gasteiger partial charge in [-0.15, -0.1) is 0 Å². The molecule has 1 heterocycles. The van der Waals surface area contributed by atoms with E-state index in [-0.39, 0.29) is 0 Å². The second kappa shape index (κ2) is 7.17.